The van der Waals surface area contributed by atoms with Crippen LogP contribution >= 0.6 is 23.2 Å². The maximum Gasteiger partial charge on any atom is 0.135 e. The number of aromatic amines is 1. The van der Waals surface area contributed by atoms with E-state index in [1.807, 2.05) is 6.07 Å². The highest BCUT2D eigenvalue weighted by atomic mass is 35.5. The van der Waals surface area contributed by atoms with Gasteiger partial charge >= 0.3 is 0 Å². The standard InChI is InChI=1S/C18H16Cl2F2N2/c19-10-7-14-12(3-1-2-6-23)17(24-18(14)15(20)8-10)13-5-4-11(21)9-16(13)22/h4-5,7-9,24H,1-3,6,23H2. The maximum atomic E-state index is 14.3. The summed E-state index contributed by atoms with van der Waals surface area (Å²) in [5.41, 5.74) is 8.08. The first-order valence-electron chi connectivity index (χ1n) is 7.66. The largest absolute Gasteiger partial charge is 0.353 e. The van der Waals surface area contributed by atoms with Crippen molar-refractivity contribution in [1.29, 1.82) is 0 Å². The summed E-state index contributed by atoms with van der Waals surface area (Å²) in [6.45, 7) is 0.587. The Morgan fingerprint density at radius 1 is 1.04 bits per heavy atom. The van der Waals surface area contributed by atoms with E-state index in [9.17, 15) is 8.78 Å². The smallest absolute Gasteiger partial charge is 0.135 e. The lowest BCUT2D eigenvalue weighted by molar-refractivity contribution is 0.585. The molecule has 0 aliphatic carbocycles. The minimum atomic E-state index is -0.621. The van der Waals surface area contributed by atoms with E-state index in [4.69, 9.17) is 28.9 Å². The third-order valence-electron chi connectivity index (χ3n) is 4.01. The van der Waals surface area contributed by atoms with Gasteiger partial charge in [-0.25, -0.2) is 8.78 Å². The van der Waals surface area contributed by atoms with Gasteiger partial charge in [0.2, 0.25) is 0 Å². The van der Waals surface area contributed by atoms with Gasteiger partial charge in [-0.05, 0) is 55.6 Å². The Kier molecular flexibility index (Phi) is 5.09. The summed E-state index contributed by atoms with van der Waals surface area (Å²) in [5, 5.41) is 1.83. The number of unbranched alkanes of at least 4 members (excludes halogenated alkanes) is 1. The van der Waals surface area contributed by atoms with Crippen LogP contribution in [-0.2, 0) is 6.42 Å². The van der Waals surface area contributed by atoms with Crippen molar-refractivity contribution in [2.75, 3.05) is 6.54 Å². The van der Waals surface area contributed by atoms with Crippen molar-refractivity contribution in [1.82, 2.24) is 4.98 Å². The van der Waals surface area contributed by atoms with Crippen molar-refractivity contribution in [2.24, 2.45) is 5.73 Å². The number of rotatable bonds is 5. The summed E-state index contributed by atoms with van der Waals surface area (Å²) in [6, 6.07) is 6.98. The fourth-order valence-corrected chi connectivity index (χ4v) is 3.44. The van der Waals surface area contributed by atoms with E-state index in [-0.39, 0.29) is 0 Å². The molecular weight excluding hydrogens is 353 g/mol. The summed E-state index contributed by atoms with van der Waals surface area (Å²) >= 11 is 12.4. The zero-order valence-corrected chi connectivity index (χ0v) is 14.3. The van der Waals surface area contributed by atoms with E-state index in [1.165, 1.54) is 12.1 Å². The zero-order chi connectivity index (χ0) is 17.3. The molecule has 0 saturated carbocycles. The summed E-state index contributed by atoms with van der Waals surface area (Å²) in [7, 11) is 0. The number of hydrogen-bond acceptors (Lipinski definition) is 1. The SMILES string of the molecule is NCCCCc1c(-c2ccc(F)cc2F)[nH]c2c(Cl)cc(Cl)cc12. The molecule has 1 heterocycles. The van der Waals surface area contributed by atoms with E-state index in [0.717, 1.165) is 29.9 Å². The van der Waals surface area contributed by atoms with Crippen LogP contribution < -0.4 is 5.73 Å². The van der Waals surface area contributed by atoms with E-state index in [1.54, 1.807) is 6.07 Å². The molecule has 3 aromatic rings. The first-order valence-corrected chi connectivity index (χ1v) is 8.42. The number of aryl methyl sites for hydroxylation is 1. The number of benzene rings is 2. The molecule has 0 aliphatic heterocycles. The average molecular weight is 369 g/mol. The fraction of sp³-hybridized carbons (Fsp3) is 0.222. The number of aromatic nitrogens is 1. The lowest BCUT2D eigenvalue weighted by atomic mass is 10.00. The fourth-order valence-electron chi connectivity index (χ4n) is 2.90. The molecule has 0 saturated heterocycles. The molecule has 0 atom stereocenters. The number of hydrogen-bond donors (Lipinski definition) is 2. The van der Waals surface area contributed by atoms with Gasteiger partial charge in [-0.3, -0.25) is 0 Å². The molecule has 24 heavy (non-hydrogen) atoms. The zero-order valence-electron chi connectivity index (χ0n) is 12.8. The molecule has 6 heteroatoms. The molecule has 1 aromatic heterocycles. The summed E-state index contributed by atoms with van der Waals surface area (Å²) < 4.78 is 27.5. The first-order chi connectivity index (χ1) is 11.5. The highest BCUT2D eigenvalue weighted by Gasteiger charge is 2.18. The molecule has 0 bridgehead atoms. The Bertz CT molecular complexity index is 890. The van der Waals surface area contributed by atoms with Gasteiger partial charge < -0.3 is 10.7 Å². The van der Waals surface area contributed by atoms with Crippen LogP contribution in [0.15, 0.2) is 30.3 Å². The van der Waals surface area contributed by atoms with E-state index in [2.05, 4.69) is 4.98 Å². The van der Waals surface area contributed by atoms with Crippen LogP contribution in [0.3, 0.4) is 0 Å². The summed E-state index contributed by atoms with van der Waals surface area (Å²) in [4.78, 5) is 3.18. The molecular formula is C18H16Cl2F2N2. The van der Waals surface area contributed by atoms with Gasteiger partial charge in [-0.1, -0.05) is 23.2 Å². The van der Waals surface area contributed by atoms with Crippen molar-refractivity contribution in [2.45, 2.75) is 19.3 Å². The lowest BCUT2D eigenvalue weighted by Gasteiger charge is -2.06. The summed E-state index contributed by atoms with van der Waals surface area (Å²) in [6.07, 6.45) is 2.40. The second-order valence-electron chi connectivity index (χ2n) is 5.66. The molecule has 0 amide bonds. The molecule has 0 unspecified atom stereocenters. The van der Waals surface area contributed by atoms with Crippen LogP contribution in [0.2, 0.25) is 10.0 Å². The van der Waals surface area contributed by atoms with Gasteiger partial charge in [0.15, 0.2) is 0 Å². The number of halogens is 4. The Hall–Kier alpha value is -1.62. The molecule has 0 aliphatic rings. The lowest BCUT2D eigenvalue weighted by Crippen LogP contribution is -1.99. The van der Waals surface area contributed by atoms with Gasteiger partial charge in [0.1, 0.15) is 11.6 Å². The highest BCUT2D eigenvalue weighted by Crippen LogP contribution is 2.37. The van der Waals surface area contributed by atoms with Crippen LogP contribution in [0.1, 0.15) is 18.4 Å². The number of nitrogens with two attached hydrogens (primary N) is 1. The van der Waals surface area contributed by atoms with Crippen LogP contribution in [0.5, 0.6) is 0 Å². The van der Waals surface area contributed by atoms with Crippen molar-refractivity contribution in [3.8, 4) is 11.3 Å². The predicted molar refractivity (Wildman–Crippen MR) is 95.7 cm³/mol. The topological polar surface area (TPSA) is 41.8 Å². The normalized spacial score (nSPS) is 11.4. The van der Waals surface area contributed by atoms with Gasteiger partial charge in [0.25, 0.3) is 0 Å². The number of H-pyrrole nitrogens is 1. The minimum absolute atomic E-state index is 0.308. The second kappa shape index (κ2) is 7.09. The summed E-state index contributed by atoms with van der Waals surface area (Å²) in [5.74, 6) is -1.23. The predicted octanol–water partition coefficient (Wildman–Crippen LogP) is 5.70. The third kappa shape index (κ3) is 3.27. The maximum absolute atomic E-state index is 14.3. The first kappa shape index (κ1) is 17.2. The molecule has 0 radical (unpaired) electrons. The molecule has 0 fully saturated rings. The van der Waals surface area contributed by atoms with Crippen LogP contribution in [-0.4, -0.2) is 11.5 Å². The molecule has 3 N–H and O–H groups in total. The molecule has 0 spiro atoms. The Balaban J connectivity index is 2.21. The monoisotopic (exact) mass is 368 g/mol. The van der Waals surface area contributed by atoms with Crippen LogP contribution in [0.4, 0.5) is 8.78 Å². The van der Waals surface area contributed by atoms with Crippen molar-refractivity contribution in [3.05, 3.63) is 57.6 Å². The average Bonchev–Trinajstić information content (AvgIpc) is 2.86. The molecule has 3 rings (SSSR count). The van der Waals surface area contributed by atoms with Crippen molar-refractivity contribution in [3.63, 3.8) is 0 Å². The van der Waals surface area contributed by atoms with Gasteiger partial charge in [-0.15, -0.1) is 0 Å². The Morgan fingerprint density at radius 2 is 1.83 bits per heavy atom. The number of fused-ring (bicyclic) bond motifs is 1. The van der Waals surface area contributed by atoms with Gasteiger partial charge in [0.05, 0.1) is 16.2 Å². The van der Waals surface area contributed by atoms with Crippen LogP contribution in [0, 0.1) is 11.6 Å². The van der Waals surface area contributed by atoms with Gasteiger partial charge in [-0.2, -0.15) is 0 Å². The number of nitrogens with one attached hydrogen (secondary N) is 1. The highest BCUT2D eigenvalue weighted by molar-refractivity contribution is 6.38. The Morgan fingerprint density at radius 3 is 2.54 bits per heavy atom. The van der Waals surface area contributed by atoms with Crippen LogP contribution in [0.25, 0.3) is 22.2 Å². The molecule has 2 nitrogen and oxygen atoms in total. The third-order valence-corrected chi connectivity index (χ3v) is 4.53. The van der Waals surface area contributed by atoms with Crippen molar-refractivity contribution >= 4 is 34.1 Å². The van der Waals surface area contributed by atoms with E-state index >= 15 is 0 Å². The molecule has 126 valence electrons. The molecule has 2 aromatic carbocycles. The van der Waals surface area contributed by atoms with Crippen molar-refractivity contribution < 1.29 is 8.78 Å². The van der Waals surface area contributed by atoms with E-state index in [0.29, 0.717) is 39.8 Å². The van der Waals surface area contributed by atoms with Gasteiger partial charge in [0, 0.05) is 22.0 Å². The minimum Gasteiger partial charge on any atom is -0.353 e. The second-order valence-corrected chi connectivity index (χ2v) is 6.50. The van der Waals surface area contributed by atoms with E-state index < -0.39 is 11.6 Å². The Labute approximate surface area is 148 Å². The quantitative estimate of drug-likeness (QED) is 0.557.